The maximum absolute atomic E-state index is 10.5. The van der Waals surface area contributed by atoms with Crippen molar-refractivity contribution in [3.05, 3.63) is 41.5 Å². The summed E-state index contributed by atoms with van der Waals surface area (Å²) in [4.78, 5) is 10.5. The average Bonchev–Trinajstić information content (AvgIpc) is 2.61. The molecule has 3 heteroatoms. The normalized spacial score (nSPS) is 12.5. The monoisotopic (exact) mass is 360 g/mol. The quantitative estimate of drug-likeness (QED) is 0.377. The van der Waals surface area contributed by atoms with Gasteiger partial charge in [-0.1, -0.05) is 75.4 Å². The highest BCUT2D eigenvalue weighted by Gasteiger charge is 2.03. The number of hydrogen-bond acceptors (Lipinski definition) is 2. The molecule has 0 fully saturated rings. The Kier molecular flexibility index (Phi) is 12.6. The summed E-state index contributed by atoms with van der Waals surface area (Å²) >= 11 is 0. The highest BCUT2D eigenvalue weighted by Crippen LogP contribution is 2.14. The molecule has 0 heterocycles. The van der Waals surface area contributed by atoms with E-state index in [1.165, 1.54) is 30.4 Å². The van der Waals surface area contributed by atoms with Crippen molar-refractivity contribution in [3.63, 3.8) is 0 Å². The van der Waals surface area contributed by atoms with Gasteiger partial charge >= 0.3 is 5.97 Å². The molecular weight excluding hydrogens is 324 g/mol. The number of aryl methyl sites for hydroxylation is 1. The Labute approximate surface area is 159 Å². The predicted molar refractivity (Wildman–Crippen MR) is 109 cm³/mol. The molecule has 26 heavy (non-hydrogen) atoms. The summed E-state index contributed by atoms with van der Waals surface area (Å²) in [5.74, 6) is -0.728. The maximum atomic E-state index is 10.5. The summed E-state index contributed by atoms with van der Waals surface area (Å²) < 4.78 is 0. The third-order valence-corrected chi connectivity index (χ3v) is 4.67. The zero-order chi connectivity index (χ0) is 19.0. The van der Waals surface area contributed by atoms with E-state index in [0.29, 0.717) is 6.42 Å². The number of hydrogen-bond donors (Lipinski definition) is 2. The van der Waals surface area contributed by atoms with E-state index < -0.39 is 5.97 Å². The third kappa shape index (κ3) is 11.9. The zero-order valence-electron chi connectivity index (χ0n) is 16.3. The van der Waals surface area contributed by atoms with Gasteiger partial charge in [0.05, 0.1) is 6.10 Å². The van der Waals surface area contributed by atoms with Gasteiger partial charge in [0.25, 0.3) is 0 Å². The fraction of sp³-hybridized carbons (Fsp3) is 0.609. The van der Waals surface area contributed by atoms with E-state index in [1.54, 1.807) is 0 Å². The van der Waals surface area contributed by atoms with Crippen molar-refractivity contribution in [2.75, 3.05) is 0 Å². The van der Waals surface area contributed by atoms with Gasteiger partial charge in [0.2, 0.25) is 0 Å². The molecule has 0 aliphatic heterocycles. The van der Waals surface area contributed by atoms with Crippen LogP contribution in [0.1, 0.15) is 88.7 Å². The molecule has 0 aliphatic carbocycles. The minimum Gasteiger partial charge on any atom is -0.481 e. The Morgan fingerprint density at radius 2 is 1.85 bits per heavy atom. The van der Waals surface area contributed by atoms with Crippen LogP contribution in [0.2, 0.25) is 0 Å². The average molecular weight is 361 g/mol. The fourth-order valence-electron chi connectivity index (χ4n) is 3.10. The summed E-state index contributed by atoms with van der Waals surface area (Å²) in [5, 5.41) is 18.6. The van der Waals surface area contributed by atoms with Crippen LogP contribution in [0.25, 0.3) is 6.08 Å². The summed E-state index contributed by atoms with van der Waals surface area (Å²) in [6.07, 6.45) is 15.7. The van der Waals surface area contributed by atoms with E-state index in [9.17, 15) is 9.90 Å². The van der Waals surface area contributed by atoms with Crippen molar-refractivity contribution >= 4 is 12.0 Å². The van der Waals surface area contributed by atoms with Gasteiger partial charge in [-0.05, 0) is 49.7 Å². The topological polar surface area (TPSA) is 57.5 Å². The number of unbranched alkanes of at least 4 members (excludes halogenated alkanes) is 5. The predicted octanol–water partition coefficient (Wildman–Crippen LogP) is 6.00. The van der Waals surface area contributed by atoms with Gasteiger partial charge in [-0.3, -0.25) is 4.79 Å². The second-order valence-electron chi connectivity index (χ2n) is 7.18. The van der Waals surface area contributed by atoms with Gasteiger partial charge in [0.1, 0.15) is 0 Å². The number of carboxylic acid groups (broad SMARTS) is 1. The highest BCUT2D eigenvalue weighted by molar-refractivity contribution is 5.66. The lowest BCUT2D eigenvalue weighted by Crippen LogP contribution is -2.05. The lowest BCUT2D eigenvalue weighted by molar-refractivity contribution is -0.137. The van der Waals surface area contributed by atoms with Crippen molar-refractivity contribution in [1.82, 2.24) is 0 Å². The van der Waals surface area contributed by atoms with Gasteiger partial charge in [0.15, 0.2) is 0 Å². The molecule has 1 unspecified atom stereocenters. The molecule has 0 bridgehead atoms. The standard InChI is InChI=1S/C23H36O3/c1-2-3-6-16-22(24)17-9-4-7-12-20-14-11-15-21(19-20)13-8-5-10-18-23(25)26/h8,11,13-15,19,22,24H,2-7,9-10,12,16-18H2,1H3,(H,25,26). The molecule has 0 radical (unpaired) electrons. The van der Waals surface area contributed by atoms with E-state index in [1.807, 2.05) is 0 Å². The molecule has 0 spiro atoms. The highest BCUT2D eigenvalue weighted by atomic mass is 16.4. The van der Waals surface area contributed by atoms with Crippen molar-refractivity contribution in [2.24, 2.45) is 0 Å². The smallest absolute Gasteiger partial charge is 0.303 e. The van der Waals surface area contributed by atoms with Gasteiger partial charge < -0.3 is 10.2 Å². The van der Waals surface area contributed by atoms with E-state index in [4.69, 9.17) is 5.11 Å². The molecule has 2 N–H and O–H groups in total. The first kappa shape index (κ1) is 22.4. The number of benzene rings is 1. The van der Waals surface area contributed by atoms with Crippen LogP contribution in [0.15, 0.2) is 30.3 Å². The summed E-state index contributed by atoms with van der Waals surface area (Å²) in [6.45, 7) is 2.19. The molecule has 1 aromatic carbocycles. The number of aliphatic carboxylic acids is 1. The second kappa shape index (κ2) is 14.5. The van der Waals surface area contributed by atoms with E-state index in [0.717, 1.165) is 44.9 Å². The molecule has 1 rings (SSSR count). The largest absolute Gasteiger partial charge is 0.481 e. The Morgan fingerprint density at radius 1 is 1.08 bits per heavy atom. The molecule has 0 aromatic heterocycles. The van der Waals surface area contributed by atoms with Crippen LogP contribution < -0.4 is 0 Å². The molecular formula is C23H36O3. The minimum absolute atomic E-state index is 0.115. The van der Waals surface area contributed by atoms with Crippen LogP contribution >= 0.6 is 0 Å². The van der Waals surface area contributed by atoms with Crippen LogP contribution in [-0.2, 0) is 11.2 Å². The number of carboxylic acids is 1. The first-order valence-corrected chi connectivity index (χ1v) is 10.3. The molecule has 0 aliphatic rings. The van der Waals surface area contributed by atoms with Crippen LogP contribution in [0, 0.1) is 0 Å². The van der Waals surface area contributed by atoms with Crippen LogP contribution in [0.4, 0.5) is 0 Å². The third-order valence-electron chi connectivity index (χ3n) is 4.67. The Morgan fingerprint density at radius 3 is 2.58 bits per heavy atom. The fourth-order valence-corrected chi connectivity index (χ4v) is 3.10. The number of rotatable bonds is 15. The maximum Gasteiger partial charge on any atom is 0.303 e. The molecule has 3 nitrogen and oxygen atoms in total. The van der Waals surface area contributed by atoms with Gasteiger partial charge in [-0.15, -0.1) is 0 Å². The van der Waals surface area contributed by atoms with Gasteiger partial charge in [-0.2, -0.15) is 0 Å². The molecule has 146 valence electrons. The van der Waals surface area contributed by atoms with Crippen molar-refractivity contribution in [3.8, 4) is 0 Å². The van der Waals surface area contributed by atoms with E-state index in [2.05, 4.69) is 43.3 Å². The number of aliphatic hydroxyl groups excluding tert-OH is 1. The first-order valence-electron chi connectivity index (χ1n) is 10.3. The Hall–Kier alpha value is -1.61. The van der Waals surface area contributed by atoms with Crippen LogP contribution in [0.5, 0.6) is 0 Å². The molecule has 1 atom stereocenters. The van der Waals surface area contributed by atoms with E-state index in [-0.39, 0.29) is 12.5 Å². The summed E-state index contributed by atoms with van der Waals surface area (Å²) in [5.41, 5.74) is 2.53. The van der Waals surface area contributed by atoms with Gasteiger partial charge in [0, 0.05) is 6.42 Å². The van der Waals surface area contributed by atoms with Crippen LogP contribution in [0.3, 0.4) is 0 Å². The zero-order valence-corrected chi connectivity index (χ0v) is 16.3. The van der Waals surface area contributed by atoms with Crippen molar-refractivity contribution in [1.29, 1.82) is 0 Å². The first-order chi connectivity index (χ1) is 12.6. The lowest BCUT2D eigenvalue weighted by atomic mass is 10.0. The van der Waals surface area contributed by atoms with Crippen molar-refractivity contribution in [2.45, 2.75) is 90.1 Å². The second-order valence-corrected chi connectivity index (χ2v) is 7.18. The molecule has 0 saturated carbocycles. The molecule has 0 saturated heterocycles. The Bertz CT molecular complexity index is 522. The minimum atomic E-state index is -0.728. The number of allylic oxidation sites excluding steroid dienone is 1. The Balaban J connectivity index is 2.19. The van der Waals surface area contributed by atoms with Crippen molar-refractivity contribution < 1.29 is 15.0 Å². The summed E-state index contributed by atoms with van der Waals surface area (Å²) in [6, 6.07) is 8.56. The molecule has 1 aromatic rings. The van der Waals surface area contributed by atoms with E-state index >= 15 is 0 Å². The summed E-state index contributed by atoms with van der Waals surface area (Å²) in [7, 11) is 0. The number of aliphatic hydroxyl groups is 1. The molecule has 0 amide bonds. The lowest BCUT2D eigenvalue weighted by Gasteiger charge is -2.10. The SMILES string of the molecule is CCCCCC(O)CCCCCc1cccc(C=CCCCC(=O)O)c1. The van der Waals surface area contributed by atoms with Gasteiger partial charge in [-0.25, -0.2) is 0 Å². The van der Waals surface area contributed by atoms with Crippen LogP contribution in [-0.4, -0.2) is 22.3 Å². The number of carbonyl (C=O) groups is 1.